The number of carboxylic acid groups (broad SMARTS) is 1. The highest BCUT2D eigenvalue weighted by Crippen LogP contribution is 2.33. The van der Waals surface area contributed by atoms with Gasteiger partial charge in [0.25, 0.3) is 0 Å². The minimum absolute atomic E-state index is 0.111. The molecule has 1 N–H and O–H groups in total. The molecule has 1 heterocycles. The first-order chi connectivity index (χ1) is 9.06. The molecule has 1 aromatic heterocycles. The van der Waals surface area contributed by atoms with Crippen LogP contribution in [0.3, 0.4) is 0 Å². The second-order valence-electron chi connectivity index (χ2n) is 3.80. The molecule has 0 saturated carbocycles. The quantitative estimate of drug-likeness (QED) is 0.911. The lowest BCUT2D eigenvalue weighted by Gasteiger charge is -2.07. The summed E-state index contributed by atoms with van der Waals surface area (Å²) in [5.74, 6) is 0.426. The Balaban J connectivity index is 2.57. The lowest BCUT2D eigenvalue weighted by Crippen LogP contribution is -1.98. The summed E-state index contributed by atoms with van der Waals surface area (Å²) in [5, 5.41) is 8.97. The van der Waals surface area contributed by atoms with Crippen molar-refractivity contribution < 1.29 is 23.8 Å². The Bertz CT molecular complexity index is 617. The first kappa shape index (κ1) is 12.9. The molecule has 19 heavy (non-hydrogen) atoms. The van der Waals surface area contributed by atoms with Gasteiger partial charge in [-0.2, -0.15) is 0 Å². The molecule has 0 spiro atoms. The molecule has 0 aliphatic rings. The number of hydrogen-bond acceptors (Lipinski definition) is 5. The summed E-state index contributed by atoms with van der Waals surface area (Å²) in [5.41, 5.74) is 0.428. The number of ether oxygens (including phenoxy) is 2. The number of carboxylic acids is 1. The van der Waals surface area contributed by atoms with E-state index in [0.717, 1.165) is 0 Å². The molecular formula is C13H13NO5. The van der Waals surface area contributed by atoms with E-state index in [1.54, 1.807) is 25.1 Å². The van der Waals surface area contributed by atoms with E-state index in [4.69, 9.17) is 19.0 Å². The van der Waals surface area contributed by atoms with Crippen molar-refractivity contribution in [1.29, 1.82) is 0 Å². The average Bonchev–Trinajstić information content (AvgIpc) is 2.80. The summed E-state index contributed by atoms with van der Waals surface area (Å²) in [4.78, 5) is 14.9. The number of oxazole rings is 1. The fourth-order valence-corrected chi connectivity index (χ4v) is 1.69. The van der Waals surface area contributed by atoms with Gasteiger partial charge in [0.15, 0.2) is 5.69 Å². The minimum Gasteiger partial charge on any atom is -0.497 e. The van der Waals surface area contributed by atoms with Gasteiger partial charge >= 0.3 is 5.97 Å². The van der Waals surface area contributed by atoms with Crippen molar-refractivity contribution in [1.82, 2.24) is 4.98 Å². The average molecular weight is 263 g/mol. The van der Waals surface area contributed by atoms with E-state index < -0.39 is 5.97 Å². The van der Waals surface area contributed by atoms with Crippen LogP contribution in [0.4, 0.5) is 0 Å². The van der Waals surface area contributed by atoms with Crippen molar-refractivity contribution in [2.24, 2.45) is 0 Å². The SMILES string of the molecule is COc1ccc(OC)c(-c2nc(C(=O)O)c(C)o2)c1. The number of aromatic carboxylic acids is 1. The third-order valence-electron chi connectivity index (χ3n) is 2.64. The molecule has 0 aliphatic carbocycles. The van der Waals surface area contributed by atoms with Gasteiger partial charge in [0, 0.05) is 0 Å². The number of methoxy groups -OCH3 is 2. The molecule has 0 amide bonds. The van der Waals surface area contributed by atoms with Crippen LogP contribution in [0.15, 0.2) is 22.6 Å². The standard InChI is InChI=1S/C13H13NO5/c1-7-11(13(15)16)14-12(19-7)9-6-8(17-2)4-5-10(9)18-3/h4-6H,1-3H3,(H,15,16). The normalized spacial score (nSPS) is 10.3. The van der Waals surface area contributed by atoms with Crippen molar-refractivity contribution in [3.63, 3.8) is 0 Å². The van der Waals surface area contributed by atoms with Gasteiger partial charge in [-0.1, -0.05) is 0 Å². The fourth-order valence-electron chi connectivity index (χ4n) is 1.69. The van der Waals surface area contributed by atoms with E-state index in [0.29, 0.717) is 17.1 Å². The lowest BCUT2D eigenvalue weighted by molar-refractivity contribution is 0.0689. The van der Waals surface area contributed by atoms with Gasteiger partial charge in [0.1, 0.15) is 17.3 Å². The van der Waals surface area contributed by atoms with E-state index in [-0.39, 0.29) is 17.3 Å². The Morgan fingerprint density at radius 3 is 2.58 bits per heavy atom. The topological polar surface area (TPSA) is 81.8 Å². The Kier molecular flexibility index (Phi) is 3.41. The number of aromatic nitrogens is 1. The van der Waals surface area contributed by atoms with E-state index in [9.17, 15) is 4.79 Å². The molecule has 0 radical (unpaired) electrons. The van der Waals surface area contributed by atoms with Crippen LogP contribution >= 0.6 is 0 Å². The zero-order valence-electron chi connectivity index (χ0n) is 10.8. The maximum Gasteiger partial charge on any atom is 0.358 e. The van der Waals surface area contributed by atoms with Crippen molar-refractivity contribution in [2.45, 2.75) is 6.92 Å². The van der Waals surface area contributed by atoms with Crippen molar-refractivity contribution in [3.8, 4) is 23.0 Å². The Hall–Kier alpha value is -2.50. The number of benzene rings is 1. The van der Waals surface area contributed by atoms with E-state index in [2.05, 4.69) is 4.98 Å². The van der Waals surface area contributed by atoms with Gasteiger partial charge in [-0.15, -0.1) is 0 Å². The first-order valence-corrected chi connectivity index (χ1v) is 5.50. The van der Waals surface area contributed by atoms with Crippen LogP contribution in [0.5, 0.6) is 11.5 Å². The van der Waals surface area contributed by atoms with Crippen LogP contribution in [0.25, 0.3) is 11.5 Å². The number of nitrogens with zero attached hydrogens (tertiary/aromatic N) is 1. The zero-order valence-corrected chi connectivity index (χ0v) is 10.8. The Labute approximate surface area is 109 Å². The van der Waals surface area contributed by atoms with E-state index in [1.165, 1.54) is 14.2 Å². The van der Waals surface area contributed by atoms with Crippen LogP contribution < -0.4 is 9.47 Å². The second kappa shape index (κ2) is 5.01. The molecule has 2 rings (SSSR count). The summed E-state index contributed by atoms with van der Waals surface area (Å²) in [6.45, 7) is 1.55. The Morgan fingerprint density at radius 2 is 2.05 bits per heavy atom. The predicted molar refractivity (Wildman–Crippen MR) is 66.7 cm³/mol. The minimum atomic E-state index is -1.13. The molecular weight excluding hydrogens is 250 g/mol. The summed E-state index contributed by atoms with van der Waals surface area (Å²) in [7, 11) is 3.05. The van der Waals surface area contributed by atoms with Gasteiger partial charge in [-0.3, -0.25) is 0 Å². The van der Waals surface area contributed by atoms with Gasteiger partial charge in [0.2, 0.25) is 5.89 Å². The second-order valence-corrected chi connectivity index (χ2v) is 3.80. The van der Waals surface area contributed by atoms with Crippen LogP contribution in [0, 0.1) is 6.92 Å². The highest BCUT2D eigenvalue weighted by molar-refractivity contribution is 5.87. The molecule has 6 heteroatoms. The lowest BCUT2D eigenvalue weighted by atomic mass is 10.2. The molecule has 0 unspecified atom stereocenters. The molecule has 0 bridgehead atoms. The fraction of sp³-hybridized carbons (Fsp3) is 0.231. The maximum atomic E-state index is 11.0. The molecule has 2 aromatic rings. The van der Waals surface area contributed by atoms with E-state index in [1.807, 2.05) is 0 Å². The van der Waals surface area contributed by atoms with Crippen molar-refractivity contribution >= 4 is 5.97 Å². The number of rotatable bonds is 4. The highest BCUT2D eigenvalue weighted by Gasteiger charge is 2.19. The summed E-state index contributed by atoms with van der Waals surface area (Å²) < 4.78 is 15.7. The third kappa shape index (κ3) is 2.37. The highest BCUT2D eigenvalue weighted by atomic mass is 16.5. The molecule has 6 nitrogen and oxygen atoms in total. The monoisotopic (exact) mass is 263 g/mol. The zero-order chi connectivity index (χ0) is 14.0. The number of aryl methyl sites for hydroxylation is 1. The molecule has 100 valence electrons. The van der Waals surface area contributed by atoms with Crippen molar-refractivity contribution in [3.05, 3.63) is 29.7 Å². The maximum absolute atomic E-state index is 11.0. The molecule has 0 fully saturated rings. The van der Waals surface area contributed by atoms with Gasteiger partial charge < -0.3 is 19.0 Å². The van der Waals surface area contributed by atoms with Crippen molar-refractivity contribution in [2.75, 3.05) is 14.2 Å². The summed E-state index contributed by atoms with van der Waals surface area (Å²) in [6.07, 6.45) is 0. The third-order valence-corrected chi connectivity index (χ3v) is 2.64. The number of hydrogen-bond donors (Lipinski definition) is 1. The molecule has 0 saturated heterocycles. The smallest absolute Gasteiger partial charge is 0.358 e. The molecule has 0 atom stereocenters. The van der Waals surface area contributed by atoms with Crippen LogP contribution in [0.2, 0.25) is 0 Å². The van der Waals surface area contributed by atoms with Crippen LogP contribution in [-0.2, 0) is 0 Å². The summed E-state index contributed by atoms with van der Waals surface area (Å²) in [6, 6.07) is 5.11. The van der Waals surface area contributed by atoms with E-state index >= 15 is 0 Å². The molecule has 0 aliphatic heterocycles. The van der Waals surface area contributed by atoms with Gasteiger partial charge in [-0.05, 0) is 25.1 Å². The van der Waals surface area contributed by atoms with Crippen LogP contribution in [-0.4, -0.2) is 30.3 Å². The largest absolute Gasteiger partial charge is 0.497 e. The summed E-state index contributed by atoms with van der Waals surface area (Å²) >= 11 is 0. The first-order valence-electron chi connectivity index (χ1n) is 5.50. The van der Waals surface area contributed by atoms with Gasteiger partial charge in [0.05, 0.1) is 19.8 Å². The number of carbonyl (C=O) groups is 1. The predicted octanol–water partition coefficient (Wildman–Crippen LogP) is 2.37. The Morgan fingerprint density at radius 1 is 1.32 bits per heavy atom. The van der Waals surface area contributed by atoms with Crippen LogP contribution in [0.1, 0.15) is 16.2 Å². The van der Waals surface area contributed by atoms with Gasteiger partial charge in [-0.25, -0.2) is 9.78 Å². The molecule has 1 aromatic carbocycles.